The van der Waals surface area contributed by atoms with Crippen LogP contribution in [0.4, 0.5) is 5.69 Å². The lowest BCUT2D eigenvalue weighted by Crippen LogP contribution is -2.27. The second kappa shape index (κ2) is 11.1. The summed E-state index contributed by atoms with van der Waals surface area (Å²) < 4.78 is 0. The third-order valence-electron chi connectivity index (χ3n) is 4.21. The summed E-state index contributed by atoms with van der Waals surface area (Å²) >= 11 is 0. The fourth-order valence-corrected chi connectivity index (χ4v) is 2.54. The van der Waals surface area contributed by atoms with Crippen LogP contribution >= 0.6 is 0 Å². The minimum atomic E-state index is 0.157. The quantitative estimate of drug-likeness (QED) is 0.637. The van der Waals surface area contributed by atoms with E-state index in [0.29, 0.717) is 6.42 Å². The lowest BCUT2D eigenvalue weighted by Gasteiger charge is -2.17. The summed E-state index contributed by atoms with van der Waals surface area (Å²) in [5, 5.41) is 3.03. The Morgan fingerprint density at radius 1 is 1.04 bits per heavy atom. The van der Waals surface area contributed by atoms with Gasteiger partial charge in [0.1, 0.15) is 0 Å². The number of aryl methyl sites for hydroxylation is 1. The molecule has 0 heterocycles. The molecular formula is C19H33N3O. The third-order valence-corrected chi connectivity index (χ3v) is 4.21. The summed E-state index contributed by atoms with van der Waals surface area (Å²) in [5.74, 6) is 0.157. The van der Waals surface area contributed by atoms with Gasteiger partial charge < -0.3 is 15.1 Å². The standard InChI is InChI=1S/C19H33N3O/c1-5-22(6-2)16-8-7-15-20-19(23)14-11-17-9-12-18(13-10-17)21(3)4/h9-10,12-13H,5-8,11,14-16H2,1-4H3,(H,20,23). The van der Waals surface area contributed by atoms with Gasteiger partial charge in [-0.1, -0.05) is 26.0 Å². The summed E-state index contributed by atoms with van der Waals surface area (Å²) in [7, 11) is 4.06. The number of carbonyl (C=O) groups is 1. The van der Waals surface area contributed by atoms with E-state index in [1.54, 1.807) is 0 Å². The number of hydrogen-bond donors (Lipinski definition) is 1. The van der Waals surface area contributed by atoms with Crippen molar-refractivity contribution < 1.29 is 4.79 Å². The van der Waals surface area contributed by atoms with Crippen LogP contribution in [0.25, 0.3) is 0 Å². The Morgan fingerprint density at radius 3 is 2.26 bits per heavy atom. The smallest absolute Gasteiger partial charge is 0.220 e. The minimum absolute atomic E-state index is 0.157. The van der Waals surface area contributed by atoms with E-state index in [2.05, 4.69) is 53.2 Å². The molecule has 1 N–H and O–H groups in total. The average Bonchev–Trinajstić information content (AvgIpc) is 2.56. The second-order valence-corrected chi connectivity index (χ2v) is 6.14. The van der Waals surface area contributed by atoms with Gasteiger partial charge in [-0.3, -0.25) is 4.79 Å². The maximum Gasteiger partial charge on any atom is 0.220 e. The molecule has 0 aliphatic carbocycles. The van der Waals surface area contributed by atoms with E-state index in [1.807, 2.05) is 14.1 Å². The van der Waals surface area contributed by atoms with E-state index < -0.39 is 0 Å². The van der Waals surface area contributed by atoms with Crippen LogP contribution in [0.15, 0.2) is 24.3 Å². The molecule has 0 radical (unpaired) electrons. The van der Waals surface area contributed by atoms with Crippen molar-refractivity contribution in [3.63, 3.8) is 0 Å². The largest absolute Gasteiger partial charge is 0.378 e. The van der Waals surface area contributed by atoms with Gasteiger partial charge in [0, 0.05) is 32.7 Å². The molecule has 0 aliphatic rings. The SMILES string of the molecule is CCN(CC)CCCCNC(=O)CCc1ccc(N(C)C)cc1. The highest BCUT2D eigenvalue weighted by molar-refractivity contribution is 5.76. The van der Waals surface area contributed by atoms with Crippen LogP contribution in [0.3, 0.4) is 0 Å². The molecule has 4 nitrogen and oxygen atoms in total. The van der Waals surface area contributed by atoms with E-state index in [9.17, 15) is 4.79 Å². The summed E-state index contributed by atoms with van der Waals surface area (Å²) in [6, 6.07) is 8.40. The highest BCUT2D eigenvalue weighted by Crippen LogP contribution is 2.13. The van der Waals surface area contributed by atoms with E-state index in [-0.39, 0.29) is 5.91 Å². The summed E-state index contributed by atoms with van der Waals surface area (Å²) in [5.41, 5.74) is 2.40. The van der Waals surface area contributed by atoms with Crippen molar-refractivity contribution in [3.05, 3.63) is 29.8 Å². The van der Waals surface area contributed by atoms with Gasteiger partial charge in [0.2, 0.25) is 5.91 Å². The van der Waals surface area contributed by atoms with Crippen LogP contribution in [0.1, 0.15) is 38.7 Å². The normalized spacial score (nSPS) is 10.8. The van der Waals surface area contributed by atoms with Crippen molar-refractivity contribution in [1.82, 2.24) is 10.2 Å². The molecule has 0 spiro atoms. The number of unbranched alkanes of at least 4 members (excludes halogenated alkanes) is 1. The van der Waals surface area contributed by atoms with E-state index >= 15 is 0 Å². The topological polar surface area (TPSA) is 35.6 Å². The van der Waals surface area contributed by atoms with Crippen molar-refractivity contribution >= 4 is 11.6 Å². The van der Waals surface area contributed by atoms with E-state index in [1.165, 1.54) is 11.3 Å². The summed E-state index contributed by atoms with van der Waals surface area (Å²) in [6.07, 6.45) is 3.57. The van der Waals surface area contributed by atoms with Crippen LogP contribution in [-0.4, -0.2) is 51.1 Å². The monoisotopic (exact) mass is 319 g/mol. The molecule has 0 aliphatic heterocycles. The lowest BCUT2D eigenvalue weighted by molar-refractivity contribution is -0.121. The molecule has 0 bridgehead atoms. The van der Waals surface area contributed by atoms with Crippen LogP contribution in [0.5, 0.6) is 0 Å². The average molecular weight is 319 g/mol. The zero-order chi connectivity index (χ0) is 17.1. The Hall–Kier alpha value is -1.55. The fraction of sp³-hybridized carbons (Fsp3) is 0.632. The van der Waals surface area contributed by atoms with E-state index in [4.69, 9.17) is 0 Å². The number of amides is 1. The Balaban J connectivity index is 2.14. The van der Waals surface area contributed by atoms with Gasteiger partial charge in [-0.25, -0.2) is 0 Å². The zero-order valence-electron chi connectivity index (χ0n) is 15.3. The van der Waals surface area contributed by atoms with Gasteiger partial charge in [0.15, 0.2) is 0 Å². The van der Waals surface area contributed by atoms with Gasteiger partial charge in [0.05, 0.1) is 0 Å². The molecule has 1 amide bonds. The Kier molecular flexibility index (Phi) is 9.37. The van der Waals surface area contributed by atoms with Crippen molar-refractivity contribution in [2.75, 3.05) is 45.2 Å². The first-order chi connectivity index (χ1) is 11.1. The molecule has 0 saturated carbocycles. The number of carbonyl (C=O) groups excluding carboxylic acids is 1. The van der Waals surface area contributed by atoms with Crippen molar-refractivity contribution in [2.24, 2.45) is 0 Å². The van der Waals surface area contributed by atoms with Crippen LogP contribution in [0, 0.1) is 0 Å². The molecule has 1 aromatic rings. The zero-order valence-corrected chi connectivity index (χ0v) is 15.3. The van der Waals surface area contributed by atoms with Gasteiger partial charge in [-0.2, -0.15) is 0 Å². The molecule has 23 heavy (non-hydrogen) atoms. The van der Waals surface area contributed by atoms with Gasteiger partial charge in [-0.15, -0.1) is 0 Å². The minimum Gasteiger partial charge on any atom is -0.378 e. The van der Waals surface area contributed by atoms with Crippen molar-refractivity contribution in [3.8, 4) is 0 Å². The molecule has 0 aromatic heterocycles. The number of benzene rings is 1. The number of nitrogens with one attached hydrogen (secondary N) is 1. The van der Waals surface area contributed by atoms with Crippen LogP contribution in [-0.2, 0) is 11.2 Å². The predicted octanol–water partition coefficient (Wildman–Crippen LogP) is 2.92. The van der Waals surface area contributed by atoms with Gasteiger partial charge in [-0.05, 0) is 56.6 Å². The Bertz CT molecular complexity index is 438. The molecule has 1 rings (SSSR count). The van der Waals surface area contributed by atoms with Gasteiger partial charge >= 0.3 is 0 Å². The molecule has 0 fully saturated rings. The molecule has 0 unspecified atom stereocenters. The van der Waals surface area contributed by atoms with Crippen molar-refractivity contribution in [2.45, 2.75) is 39.5 Å². The first-order valence-corrected chi connectivity index (χ1v) is 8.82. The molecule has 0 atom stereocenters. The molecule has 0 saturated heterocycles. The van der Waals surface area contributed by atoms with Crippen LogP contribution in [0.2, 0.25) is 0 Å². The highest BCUT2D eigenvalue weighted by Gasteiger charge is 2.03. The molecular weight excluding hydrogens is 286 g/mol. The first-order valence-electron chi connectivity index (χ1n) is 8.82. The van der Waals surface area contributed by atoms with Gasteiger partial charge in [0.25, 0.3) is 0 Å². The Morgan fingerprint density at radius 2 is 1.70 bits per heavy atom. The maximum absolute atomic E-state index is 11.9. The molecule has 1 aromatic carbocycles. The number of anilines is 1. The fourth-order valence-electron chi connectivity index (χ4n) is 2.54. The number of rotatable bonds is 11. The lowest BCUT2D eigenvalue weighted by atomic mass is 10.1. The maximum atomic E-state index is 11.9. The summed E-state index contributed by atoms with van der Waals surface area (Å²) in [6.45, 7) is 8.51. The second-order valence-electron chi connectivity index (χ2n) is 6.14. The Labute approximate surface area is 141 Å². The van der Waals surface area contributed by atoms with Crippen LogP contribution < -0.4 is 10.2 Å². The van der Waals surface area contributed by atoms with Crippen molar-refractivity contribution in [1.29, 1.82) is 0 Å². The predicted molar refractivity (Wildman–Crippen MR) is 99.1 cm³/mol. The molecule has 4 heteroatoms. The highest BCUT2D eigenvalue weighted by atomic mass is 16.1. The number of nitrogens with zero attached hydrogens (tertiary/aromatic N) is 2. The number of hydrogen-bond acceptors (Lipinski definition) is 3. The summed E-state index contributed by atoms with van der Waals surface area (Å²) in [4.78, 5) is 16.4. The first kappa shape index (κ1) is 19.5. The molecule has 130 valence electrons. The van der Waals surface area contributed by atoms with E-state index in [0.717, 1.165) is 45.4 Å². The third kappa shape index (κ3) is 8.03.